The number of sulfonamides is 1. The lowest BCUT2D eigenvalue weighted by atomic mass is 9.83. The smallest absolute Gasteiger partial charge is 0.254 e. The van der Waals surface area contributed by atoms with E-state index in [9.17, 15) is 22.0 Å². The van der Waals surface area contributed by atoms with Gasteiger partial charge in [0, 0.05) is 18.8 Å². The number of rotatable bonds is 7. The summed E-state index contributed by atoms with van der Waals surface area (Å²) in [5, 5.41) is 0. The van der Waals surface area contributed by atoms with Gasteiger partial charge in [-0.2, -0.15) is 4.39 Å². The zero-order valence-corrected chi connectivity index (χ0v) is 19.3. The number of halogens is 2. The van der Waals surface area contributed by atoms with Crippen molar-refractivity contribution in [3.63, 3.8) is 0 Å². The van der Waals surface area contributed by atoms with Crippen LogP contribution >= 0.6 is 0 Å². The number of H-pyrrole nitrogens is 1. The molecule has 2 fully saturated rings. The van der Waals surface area contributed by atoms with E-state index >= 15 is 0 Å². The second-order valence-corrected chi connectivity index (χ2v) is 10.7. The van der Waals surface area contributed by atoms with E-state index in [0.29, 0.717) is 18.9 Å². The lowest BCUT2D eigenvalue weighted by Crippen LogP contribution is -2.48. The van der Waals surface area contributed by atoms with Crippen LogP contribution in [-0.4, -0.2) is 51.0 Å². The van der Waals surface area contributed by atoms with Crippen LogP contribution < -0.4 is 15.1 Å². The zero-order chi connectivity index (χ0) is 23.6. The van der Waals surface area contributed by atoms with Crippen molar-refractivity contribution in [1.82, 2.24) is 9.71 Å². The van der Waals surface area contributed by atoms with Crippen molar-refractivity contribution in [1.29, 1.82) is 0 Å². The van der Waals surface area contributed by atoms with Crippen LogP contribution in [0.15, 0.2) is 41.3 Å². The van der Waals surface area contributed by atoms with E-state index in [-0.39, 0.29) is 18.5 Å². The Morgan fingerprint density at radius 1 is 1.12 bits per heavy atom. The molecule has 180 valence electrons. The predicted octanol–water partition coefficient (Wildman–Crippen LogP) is 2.89. The van der Waals surface area contributed by atoms with E-state index in [2.05, 4.69) is 21.8 Å². The Balaban J connectivity index is 1.45. The molecule has 0 unspecified atom stereocenters. The Bertz CT molecular complexity index is 1120. The number of aromatic nitrogens is 1. The van der Waals surface area contributed by atoms with Crippen molar-refractivity contribution in [3.05, 3.63) is 63.9 Å². The van der Waals surface area contributed by atoms with Gasteiger partial charge in [-0.1, -0.05) is 30.3 Å². The van der Waals surface area contributed by atoms with Gasteiger partial charge in [0.25, 0.3) is 5.43 Å². The van der Waals surface area contributed by atoms with Gasteiger partial charge in [0.1, 0.15) is 5.82 Å². The maximum Gasteiger partial charge on any atom is 0.254 e. The highest BCUT2D eigenvalue weighted by molar-refractivity contribution is 7.88. The Hall–Kier alpha value is -2.30. The minimum Gasteiger partial charge on any atom is -0.376 e. The second kappa shape index (κ2) is 9.90. The minimum atomic E-state index is -3.51. The Morgan fingerprint density at radius 3 is 2.48 bits per heavy atom. The van der Waals surface area contributed by atoms with Crippen LogP contribution in [0, 0.1) is 11.6 Å². The standard InChI is InChI=1S/C23H29F2N3O4S/c1-33(30,31)27-19-11-12-28(23-21(25)22(29)18(24)13-26-23)20(19)14-32-17-9-7-16(8-10-17)15-5-3-2-4-6-15/h2-6,13,16-17,19-20,27H,7-12,14H2,1H3,(H,26,29)/t16?,17?,19-,20-/m0/s1. The molecule has 0 bridgehead atoms. The summed E-state index contributed by atoms with van der Waals surface area (Å²) in [5.41, 5.74) is 0.00764. The molecule has 4 rings (SSSR count). The monoisotopic (exact) mass is 481 g/mol. The molecule has 33 heavy (non-hydrogen) atoms. The van der Waals surface area contributed by atoms with Crippen molar-refractivity contribution in [2.45, 2.75) is 56.2 Å². The summed E-state index contributed by atoms with van der Waals surface area (Å²) in [5.74, 6) is -2.08. The van der Waals surface area contributed by atoms with E-state index < -0.39 is 39.2 Å². The first-order valence-corrected chi connectivity index (χ1v) is 13.1. The number of hydrogen-bond donors (Lipinski definition) is 2. The van der Waals surface area contributed by atoms with E-state index in [1.807, 2.05) is 18.2 Å². The normalized spacial score (nSPS) is 26.0. The second-order valence-electron chi connectivity index (χ2n) is 8.89. The van der Waals surface area contributed by atoms with Gasteiger partial charge in [0.15, 0.2) is 5.82 Å². The van der Waals surface area contributed by atoms with Gasteiger partial charge in [-0.25, -0.2) is 17.5 Å². The molecule has 1 aromatic heterocycles. The van der Waals surface area contributed by atoms with Crippen LogP contribution in [0.5, 0.6) is 0 Å². The van der Waals surface area contributed by atoms with Crippen molar-refractivity contribution < 1.29 is 21.9 Å². The van der Waals surface area contributed by atoms with Crippen LogP contribution in [0.3, 0.4) is 0 Å². The summed E-state index contributed by atoms with van der Waals surface area (Å²) in [4.78, 5) is 15.8. The highest BCUT2D eigenvalue weighted by atomic mass is 32.2. The molecule has 2 aliphatic rings. The number of aromatic amines is 1. The van der Waals surface area contributed by atoms with Crippen LogP contribution in [0.1, 0.15) is 43.6 Å². The lowest BCUT2D eigenvalue weighted by Gasteiger charge is -2.33. The van der Waals surface area contributed by atoms with Crippen molar-refractivity contribution in [3.8, 4) is 0 Å². The molecule has 1 saturated heterocycles. The topological polar surface area (TPSA) is 91.5 Å². The maximum absolute atomic E-state index is 14.5. The summed E-state index contributed by atoms with van der Waals surface area (Å²) in [7, 11) is -3.51. The molecule has 0 radical (unpaired) electrons. The Kier molecular flexibility index (Phi) is 7.16. The summed E-state index contributed by atoms with van der Waals surface area (Å²) in [6, 6.07) is 9.31. The van der Waals surface area contributed by atoms with Gasteiger partial charge < -0.3 is 14.6 Å². The number of anilines is 1. The lowest BCUT2D eigenvalue weighted by molar-refractivity contribution is 0.0155. The maximum atomic E-state index is 14.5. The van der Waals surface area contributed by atoms with Gasteiger partial charge in [-0.3, -0.25) is 4.79 Å². The van der Waals surface area contributed by atoms with Crippen molar-refractivity contribution in [2.24, 2.45) is 0 Å². The number of pyridine rings is 1. The van der Waals surface area contributed by atoms with Crippen LogP contribution in [-0.2, 0) is 14.8 Å². The quantitative estimate of drug-likeness (QED) is 0.635. The highest BCUT2D eigenvalue weighted by Crippen LogP contribution is 2.34. The zero-order valence-electron chi connectivity index (χ0n) is 18.5. The van der Waals surface area contributed by atoms with Gasteiger partial charge in [-0.05, 0) is 43.6 Å². The first kappa shape index (κ1) is 23.8. The Morgan fingerprint density at radius 2 is 1.82 bits per heavy atom. The molecular weight excluding hydrogens is 452 g/mol. The van der Waals surface area contributed by atoms with Crippen LogP contribution in [0.25, 0.3) is 0 Å². The fourth-order valence-electron chi connectivity index (χ4n) is 4.95. The first-order valence-electron chi connectivity index (χ1n) is 11.2. The molecule has 10 heteroatoms. The molecule has 2 N–H and O–H groups in total. The molecule has 2 aromatic rings. The largest absolute Gasteiger partial charge is 0.376 e. The van der Waals surface area contributed by atoms with E-state index in [1.54, 1.807) is 4.90 Å². The number of ether oxygens (including phenoxy) is 1. The van der Waals surface area contributed by atoms with E-state index in [1.165, 1.54) is 5.56 Å². The summed E-state index contributed by atoms with van der Waals surface area (Å²) >= 11 is 0. The molecule has 1 aliphatic heterocycles. The highest BCUT2D eigenvalue weighted by Gasteiger charge is 2.39. The summed E-state index contributed by atoms with van der Waals surface area (Å²) < 4.78 is 60.5. The molecule has 0 spiro atoms. The van der Waals surface area contributed by atoms with Crippen LogP contribution in [0.2, 0.25) is 0 Å². The molecule has 1 aromatic carbocycles. The van der Waals surface area contributed by atoms with E-state index in [0.717, 1.165) is 38.1 Å². The number of nitrogens with zero attached hydrogens (tertiary/aromatic N) is 1. The average molecular weight is 482 g/mol. The summed E-state index contributed by atoms with van der Waals surface area (Å²) in [6.07, 6.45) is 6.04. The number of nitrogens with one attached hydrogen (secondary N) is 2. The minimum absolute atomic E-state index is 0.0170. The third-order valence-corrected chi connectivity index (χ3v) is 7.34. The van der Waals surface area contributed by atoms with Gasteiger partial charge in [0.05, 0.1) is 25.0 Å². The fourth-order valence-corrected chi connectivity index (χ4v) is 5.78. The molecule has 0 amide bonds. The third-order valence-electron chi connectivity index (χ3n) is 6.61. The average Bonchev–Trinajstić information content (AvgIpc) is 3.17. The molecule has 1 saturated carbocycles. The number of hydrogen-bond acceptors (Lipinski definition) is 5. The Labute approximate surface area is 192 Å². The molecule has 2 atom stereocenters. The fraction of sp³-hybridized carbons (Fsp3) is 0.522. The first-order chi connectivity index (χ1) is 15.7. The van der Waals surface area contributed by atoms with E-state index in [4.69, 9.17) is 4.74 Å². The molecular formula is C23H29F2N3O4S. The number of benzene rings is 1. The molecule has 7 nitrogen and oxygen atoms in total. The van der Waals surface area contributed by atoms with Gasteiger partial charge in [0.2, 0.25) is 15.8 Å². The third kappa shape index (κ3) is 5.62. The molecule has 2 heterocycles. The molecule has 1 aliphatic carbocycles. The van der Waals surface area contributed by atoms with Gasteiger partial charge in [-0.15, -0.1) is 0 Å². The SMILES string of the molecule is CS(=O)(=O)N[C@H]1CCN(c2[nH]cc(F)c(=O)c2F)[C@H]1COC1CCC(c2ccccc2)CC1. The predicted molar refractivity (Wildman–Crippen MR) is 122 cm³/mol. The summed E-state index contributed by atoms with van der Waals surface area (Å²) in [6.45, 7) is 0.452. The van der Waals surface area contributed by atoms with Gasteiger partial charge >= 0.3 is 0 Å². The van der Waals surface area contributed by atoms with Crippen LogP contribution in [0.4, 0.5) is 14.6 Å². The van der Waals surface area contributed by atoms with Crippen molar-refractivity contribution in [2.75, 3.05) is 24.3 Å². The van der Waals surface area contributed by atoms with Crippen molar-refractivity contribution >= 4 is 15.8 Å².